The van der Waals surface area contributed by atoms with E-state index in [4.69, 9.17) is 11.6 Å². The molecule has 0 amide bonds. The first-order chi connectivity index (χ1) is 10.5. The van der Waals surface area contributed by atoms with E-state index < -0.39 is 7.02 Å². The third-order valence-electron chi connectivity index (χ3n) is 3.12. The fraction of sp³-hybridized carbons (Fsp3) is 0.143. The summed E-state index contributed by atoms with van der Waals surface area (Å²) in [5, 5.41) is 0. The first-order valence-corrected chi connectivity index (χ1v) is 12.6. The van der Waals surface area contributed by atoms with Gasteiger partial charge in [0.25, 0.3) is 0 Å². The highest BCUT2D eigenvalue weighted by Gasteiger charge is 2.51. The number of halogens is 9. The first-order valence-electron chi connectivity index (χ1n) is 5.86. The predicted molar refractivity (Wildman–Crippen MR) is 128 cm³/mol. The van der Waals surface area contributed by atoms with E-state index in [-0.39, 0.29) is 0 Å². The van der Waals surface area contributed by atoms with Crippen LogP contribution in [0.5, 0.6) is 0 Å². The van der Waals surface area contributed by atoms with Crippen molar-refractivity contribution in [2.24, 2.45) is 0 Å². The van der Waals surface area contributed by atoms with Gasteiger partial charge in [-0.15, -0.1) is 11.6 Å². The van der Waals surface area contributed by atoms with E-state index in [9.17, 15) is 0 Å². The Morgan fingerprint density at radius 1 is 0.652 bits per heavy atom. The van der Waals surface area contributed by atoms with Crippen LogP contribution in [0.3, 0.4) is 0 Å². The zero-order valence-corrected chi connectivity index (χ0v) is 24.2. The standard InChI is InChI=1S/C14H5Br8Cl/c15-8-7(9(16)11(18)12(19)10(8)17)13(23,14(20,21)22)6-4-2-1-3-5-6/h1-5H. The lowest BCUT2D eigenvalue weighted by molar-refractivity contribution is 0.783. The molecule has 2 aromatic rings. The average Bonchev–Trinajstić information content (AvgIpc) is 2.50. The Morgan fingerprint density at radius 3 is 1.43 bits per heavy atom. The van der Waals surface area contributed by atoms with Gasteiger partial charge in [-0.25, -0.2) is 0 Å². The lowest BCUT2D eigenvalue weighted by atomic mass is 9.92. The smallest absolute Gasteiger partial charge is 0.105 e. The molecule has 23 heavy (non-hydrogen) atoms. The van der Waals surface area contributed by atoms with E-state index in [1.54, 1.807) is 0 Å². The average molecular weight is 848 g/mol. The normalized spacial score (nSPS) is 14.7. The molecule has 9 heteroatoms. The van der Waals surface area contributed by atoms with E-state index in [1.807, 2.05) is 30.3 Å². The second kappa shape index (κ2) is 8.29. The molecule has 0 bridgehead atoms. The highest BCUT2D eigenvalue weighted by molar-refractivity contribution is 9.39. The fourth-order valence-electron chi connectivity index (χ4n) is 2.02. The SMILES string of the molecule is ClC(c1ccccc1)(c1c(Br)c(Br)c(Br)c(Br)c1Br)C(Br)(Br)Br. The summed E-state index contributed by atoms with van der Waals surface area (Å²) in [5.41, 5.74) is 1.76. The molecule has 0 aliphatic heterocycles. The first kappa shape index (κ1) is 21.9. The van der Waals surface area contributed by atoms with Gasteiger partial charge in [0.05, 0.1) is 0 Å². The predicted octanol–water partition coefficient (Wildman–Crippen LogP) is 9.82. The molecule has 2 aromatic carbocycles. The highest BCUT2D eigenvalue weighted by Crippen LogP contribution is 2.62. The molecule has 0 aliphatic carbocycles. The Labute approximate surface area is 206 Å². The van der Waals surface area contributed by atoms with E-state index >= 15 is 0 Å². The molecule has 2 rings (SSSR count). The number of hydrogen-bond donors (Lipinski definition) is 0. The molecule has 0 heterocycles. The topological polar surface area (TPSA) is 0 Å². The molecular formula is C14H5Br8Cl. The van der Waals surface area contributed by atoms with Gasteiger partial charge in [-0.2, -0.15) is 0 Å². The van der Waals surface area contributed by atoms with Crippen molar-refractivity contribution in [2.75, 3.05) is 0 Å². The van der Waals surface area contributed by atoms with Gasteiger partial charge >= 0.3 is 0 Å². The lowest BCUT2D eigenvalue weighted by Gasteiger charge is -2.38. The monoisotopic (exact) mass is 839 g/mol. The Hall–Kier alpha value is 2.57. The Balaban J connectivity index is 2.94. The maximum Gasteiger partial charge on any atom is 0.162 e. The van der Waals surface area contributed by atoms with Crippen LogP contribution in [0, 0.1) is 0 Å². The maximum atomic E-state index is 7.22. The molecule has 0 N–H and O–H groups in total. The minimum Gasteiger partial charge on any atom is -0.105 e. The van der Waals surface area contributed by atoms with Crippen molar-refractivity contribution in [3.05, 3.63) is 63.8 Å². The third-order valence-corrected chi connectivity index (χ3v) is 12.4. The Kier molecular flexibility index (Phi) is 7.88. The Bertz CT molecular complexity index is 712. The quantitative estimate of drug-likeness (QED) is 0.161. The van der Waals surface area contributed by atoms with Crippen LogP contribution in [0.15, 0.2) is 52.7 Å². The summed E-state index contributed by atoms with van der Waals surface area (Å²) in [6.45, 7) is 0. The number of hydrogen-bond acceptors (Lipinski definition) is 0. The van der Waals surface area contributed by atoms with Crippen molar-refractivity contribution in [1.82, 2.24) is 0 Å². The lowest BCUT2D eigenvalue weighted by Crippen LogP contribution is -2.35. The van der Waals surface area contributed by atoms with Gasteiger partial charge in [0.2, 0.25) is 0 Å². The van der Waals surface area contributed by atoms with Crippen molar-refractivity contribution < 1.29 is 0 Å². The molecule has 0 radical (unpaired) electrons. The van der Waals surface area contributed by atoms with Crippen molar-refractivity contribution in [2.45, 2.75) is 7.02 Å². The van der Waals surface area contributed by atoms with E-state index in [1.165, 1.54) is 0 Å². The van der Waals surface area contributed by atoms with Crippen LogP contribution in [-0.2, 0) is 4.87 Å². The van der Waals surface area contributed by atoms with Gasteiger partial charge in [-0.3, -0.25) is 0 Å². The number of alkyl halides is 4. The second-order valence-corrected chi connectivity index (χ2v) is 15.8. The summed E-state index contributed by atoms with van der Waals surface area (Å²) >= 11 is 36.2. The molecule has 0 nitrogen and oxygen atoms in total. The van der Waals surface area contributed by atoms with Crippen LogP contribution < -0.4 is 0 Å². The molecule has 0 fully saturated rings. The number of benzene rings is 2. The van der Waals surface area contributed by atoms with E-state index in [2.05, 4.69) is 127 Å². The van der Waals surface area contributed by atoms with Crippen LogP contribution in [0.4, 0.5) is 0 Å². The summed E-state index contributed by atoms with van der Waals surface area (Å²) < 4.78 is 3.49. The van der Waals surface area contributed by atoms with E-state index in [0.29, 0.717) is 0 Å². The van der Waals surface area contributed by atoms with Crippen LogP contribution in [0.2, 0.25) is 0 Å². The molecule has 0 aliphatic rings. The minimum absolute atomic E-state index is 0.791. The van der Waals surface area contributed by atoms with Crippen molar-refractivity contribution in [3.8, 4) is 0 Å². The molecule has 1 unspecified atom stereocenters. The molecule has 0 aromatic heterocycles. The maximum absolute atomic E-state index is 7.22. The number of rotatable bonds is 2. The second-order valence-electron chi connectivity index (χ2n) is 4.47. The van der Waals surface area contributed by atoms with Gasteiger partial charge in [-0.05, 0) is 85.2 Å². The van der Waals surface area contributed by atoms with Crippen molar-refractivity contribution in [3.63, 3.8) is 0 Å². The summed E-state index contributed by atoms with van der Waals surface area (Å²) in [6, 6.07) is 9.82. The molecular weight excluding hydrogens is 843 g/mol. The van der Waals surface area contributed by atoms with Crippen LogP contribution in [-0.4, -0.2) is 2.14 Å². The molecule has 1 atom stereocenters. The van der Waals surface area contributed by atoms with Gasteiger partial charge in [0, 0.05) is 27.9 Å². The van der Waals surface area contributed by atoms with Gasteiger partial charge in [-0.1, -0.05) is 78.1 Å². The molecule has 0 saturated carbocycles. The largest absolute Gasteiger partial charge is 0.162 e. The van der Waals surface area contributed by atoms with Crippen molar-refractivity contribution in [1.29, 1.82) is 0 Å². The summed E-state index contributed by atoms with van der Waals surface area (Å²) in [7, 11) is 0. The summed E-state index contributed by atoms with van der Waals surface area (Å²) in [6.07, 6.45) is 0. The zero-order valence-electron chi connectivity index (χ0n) is 10.8. The fourth-order valence-corrected chi connectivity index (χ4v) is 7.49. The summed E-state index contributed by atoms with van der Waals surface area (Å²) in [5.74, 6) is 0. The molecule has 124 valence electrons. The molecule has 0 spiro atoms. The van der Waals surface area contributed by atoms with Gasteiger partial charge in [0.1, 0.15) is 4.87 Å². The minimum atomic E-state index is -0.975. The van der Waals surface area contributed by atoms with Crippen molar-refractivity contribution >= 4 is 139 Å². The third kappa shape index (κ3) is 4.05. The van der Waals surface area contributed by atoms with Gasteiger partial charge < -0.3 is 0 Å². The zero-order chi connectivity index (χ0) is 17.6. The molecule has 0 saturated heterocycles. The van der Waals surface area contributed by atoms with E-state index in [0.717, 1.165) is 33.5 Å². The highest BCUT2D eigenvalue weighted by atomic mass is 80.0. The summed E-state index contributed by atoms with van der Waals surface area (Å²) in [4.78, 5) is -0.975. The van der Waals surface area contributed by atoms with Crippen LogP contribution in [0.1, 0.15) is 11.1 Å². The van der Waals surface area contributed by atoms with Crippen LogP contribution in [0.25, 0.3) is 0 Å². The van der Waals surface area contributed by atoms with Crippen LogP contribution >= 0.6 is 139 Å². The van der Waals surface area contributed by atoms with Gasteiger partial charge in [0.15, 0.2) is 2.14 Å². The Morgan fingerprint density at radius 2 is 1.04 bits per heavy atom.